The summed E-state index contributed by atoms with van der Waals surface area (Å²) in [7, 11) is -2.20. The maximum atomic E-state index is 13.5. The van der Waals surface area contributed by atoms with Crippen LogP contribution in [0.15, 0.2) is 35.5 Å². The van der Waals surface area contributed by atoms with E-state index in [9.17, 15) is 23.3 Å². The van der Waals surface area contributed by atoms with Gasteiger partial charge in [0.05, 0.1) is 15.8 Å². The summed E-state index contributed by atoms with van der Waals surface area (Å²) < 4.78 is 27.7. The topological polar surface area (TPSA) is 149 Å². The number of aromatic nitrogens is 3. The van der Waals surface area contributed by atoms with Gasteiger partial charge in [0.25, 0.3) is 0 Å². The number of rotatable bonds is 6. The first-order valence-electron chi connectivity index (χ1n) is 10.6. The molecule has 1 heterocycles. The Balaban J connectivity index is 1.41. The molecule has 4 saturated carbocycles. The van der Waals surface area contributed by atoms with Gasteiger partial charge in [-0.15, -0.1) is 0 Å². The molecule has 170 valence electrons. The molecule has 0 saturated heterocycles. The third-order valence-corrected chi connectivity index (χ3v) is 8.76. The molecule has 0 radical (unpaired) electrons. The van der Waals surface area contributed by atoms with Crippen LogP contribution in [0.25, 0.3) is 0 Å². The number of benzene rings is 1. The molecule has 4 aliphatic carbocycles. The van der Waals surface area contributed by atoms with Crippen molar-refractivity contribution < 1.29 is 18.1 Å². The van der Waals surface area contributed by atoms with Crippen LogP contribution in [0, 0.1) is 27.4 Å². The maximum absolute atomic E-state index is 13.5. The van der Waals surface area contributed by atoms with E-state index < -0.39 is 31.8 Å². The predicted molar refractivity (Wildman–Crippen MR) is 113 cm³/mol. The lowest BCUT2D eigenvalue weighted by Crippen LogP contribution is -2.60. The van der Waals surface area contributed by atoms with Gasteiger partial charge in [0, 0.05) is 10.8 Å². The summed E-state index contributed by atoms with van der Waals surface area (Å²) in [5, 5.41) is 18.2. The van der Waals surface area contributed by atoms with Gasteiger partial charge in [0.2, 0.25) is 22.3 Å². The zero-order valence-corrected chi connectivity index (χ0v) is 18.3. The zero-order chi connectivity index (χ0) is 22.7. The molecule has 2 aromatic rings. The number of nitrogens with zero attached hydrogens (tertiary/aromatic N) is 4. The third-order valence-electron chi connectivity index (χ3n) is 7.33. The molecule has 1 amide bonds. The highest BCUT2D eigenvalue weighted by atomic mass is 32.2. The summed E-state index contributed by atoms with van der Waals surface area (Å²) in [6, 6.07) is 6.08. The number of hydrogen-bond donors (Lipinski definition) is 2. The summed E-state index contributed by atoms with van der Waals surface area (Å²) in [6.07, 6.45) is 6.29. The fraction of sp³-hybridized carbons (Fsp3) is 0.550. The molecule has 0 aliphatic heterocycles. The van der Waals surface area contributed by atoms with Gasteiger partial charge in [0.1, 0.15) is 0 Å². The van der Waals surface area contributed by atoms with Crippen LogP contribution >= 0.6 is 0 Å². The molecule has 2 unspecified atom stereocenters. The van der Waals surface area contributed by atoms with E-state index in [1.165, 1.54) is 25.5 Å². The van der Waals surface area contributed by atoms with Crippen molar-refractivity contribution in [3.05, 3.63) is 40.7 Å². The smallest absolute Gasteiger partial charge is 0.390 e. The van der Waals surface area contributed by atoms with Gasteiger partial charge in [-0.1, -0.05) is 4.98 Å². The molecule has 4 atom stereocenters. The molecule has 2 N–H and O–H groups in total. The van der Waals surface area contributed by atoms with E-state index in [0.717, 1.165) is 32.1 Å². The van der Waals surface area contributed by atoms with Crippen molar-refractivity contribution in [3.8, 4) is 0 Å². The van der Waals surface area contributed by atoms with E-state index in [0.29, 0.717) is 23.9 Å². The van der Waals surface area contributed by atoms with E-state index in [1.807, 2.05) is 0 Å². The third kappa shape index (κ3) is 3.28. The Morgan fingerprint density at radius 1 is 1.19 bits per heavy atom. The molecule has 4 fully saturated rings. The van der Waals surface area contributed by atoms with E-state index >= 15 is 0 Å². The van der Waals surface area contributed by atoms with Gasteiger partial charge in [-0.05, 0) is 86.6 Å². The summed E-state index contributed by atoms with van der Waals surface area (Å²) in [5.74, 6) is 0.201. The van der Waals surface area contributed by atoms with Crippen LogP contribution in [0.2, 0.25) is 0 Å². The second-order valence-corrected chi connectivity index (χ2v) is 11.3. The minimum atomic E-state index is -3.55. The summed E-state index contributed by atoms with van der Waals surface area (Å²) in [6.45, 7) is 0. The number of anilines is 1. The molecule has 12 heteroatoms. The first kappa shape index (κ1) is 21.0. The second-order valence-electron chi connectivity index (χ2n) is 9.40. The Morgan fingerprint density at radius 2 is 1.84 bits per heavy atom. The van der Waals surface area contributed by atoms with Gasteiger partial charge in [-0.25, -0.2) is 13.1 Å². The summed E-state index contributed by atoms with van der Waals surface area (Å²) >= 11 is 0. The monoisotopic (exact) mass is 460 g/mol. The normalized spacial score (nSPS) is 30.9. The van der Waals surface area contributed by atoms with Crippen LogP contribution < -0.4 is 10.0 Å². The molecule has 1 aromatic heterocycles. The van der Waals surface area contributed by atoms with Gasteiger partial charge in [0.15, 0.2) is 0 Å². The predicted octanol–water partition coefficient (Wildman–Crippen LogP) is 2.03. The number of carbonyl (C=O) groups excluding carboxylic acids is 1. The number of hydrogen-bond acceptors (Lipinski definition) is 7. The second kappa shape index (κ2) is 7.07. The molecule has 4 aliphatic rings. The Kier molecular flexibility index (Phi) is 4.64. The fourth-order valence-corrected chi connectivity index (χ4v) is 7.14. The van der Waals surface area contributed by atoms with Crippen molar-refractivity contribution in [1.29, 1.82) is 0 Å². The standard InChI is InChI=1S/C20H24N6O5S/c1-21-32(30,31)16-4-2-15(3-5-16)23-17(27)19-7-13-6-14(8-19)10-20(9-13,11-19)25-12-22-18(24-25)26(28)29/h2-5,12-14,21H,6-11H2,1H3,(H,23,27)/t13-,14+,19?,20?. The molecule has 1 aromatic carbocycles. The Bertz CT molecular complexity index is 1180. The minimum absolute atomic E-state index is 0.0881. The number of amides is 1. The van der Waals surface area contributed by atoms with Gasteiger partial charge in [-0.2, -0.15) is 4.68 Å². The average molecular weight is 461 g/mol. The lowest BCUT2D eigenvalue weighted by molar-refractivity contribution is -0.394. The Hall–Kier alpha value is -2.86. The lowest BCUT2D eigenvalue weighted by Gasteiger charge is -2.60. The molecule has 0 spiro atoms. The Labute approximate surface area is 184 Å². The van der Waals surface area contributed by atoms with Crippen LogP contribution in [0.4, 0.5) is 11.6 Å². The summed E-state index contributed by atoms with van der Waals surface area (Å²) in [4.78, 5) is 27.9. The van der Waals surface area contributed by atoms with Crippen LogP contribution in [0.5, 0.6) is 0 Å². The maximum Gasteiger partial charge on any atom is 0.490 e. The highest BCUT2D eigenvalue weighted by Gasteiger charge is 2.62. The minimum Gasteiger partial charge on any atom is -0.390 e. The van der Waals surface area contributed by atoms with Crippen LogP contribution in [-0.4, -0.2) is 41.1 Å². The van der Waals surface area contributed by atoms with Gasteiger partial charge < -0.3 is 15.4 Å². The highest BCUT2D eigenvalue weighted by Crippen LogP contribution is 2.64. The van der Waals surface area contributed by atoms with E-state index in [4.69, 9.17) is 0 Å². The van der Waals surface area contributed by atoms with Crippen molar-refractivity contribution in [2.24, 2.45) is 17.3 Å². The summed E-state index contributed by atoms with van der Waals surface area (Å²) in [5.41, 5.74) is -0.486. The van der Waals surface area contributed by atoms with Crippen molar-refractivity contribution in [1.82, 2.24) is 19.5 Å². The first-order valence-corrected chi connectivity index (χ1v) is 12.0. The SMILES string of the molecule is CNS(=O)(=O)c1ccc(NC(=O)C23C[C@H]4C[C@@H](C2)CC(n2cnc([N+](=O)[O-])n2)(C4)C3)cc1. The van der Waals surface area contributed by atoms with Crippen molar-refractivity contribution in [2.45, 2.75) is 49.0 Å². The van der Waals surface area contributed by atoms with Crippen molar-refractivity contribution >= 4 is 27.6 Å². The highest BCUT2D eigenvalue weighted by molar-refractivity contribution is 7.89. The van der Waals surface area contributed by atoms with Gasteiger partial charge >= 0.3 is 5.95 Å². The molecule has 32 heavy (non-hydrogen) atoms. The number of carbonyl (C=O) groups is 1. The number of sulfonamides is 1. The lowest BCUT2D eigenvalue weighted by atomic mass is 9.46. The molecule has 4 bridgehead atoms. The Morgan fingerprint density at radius 3 is 2.41 bits per heavy atom. The zero-order valence-electron chi connectivity index (χ0n) is 17.5. The molecule has 11 nitrogen and oxygen atoms in total. The van der Waals surface area contributed by atoms with Crippen LogP contribution in [0.1, 0.15) is 38.5 Å². The molecule has 6 rings (SSSR count). The largest absolute Gasteiger partial charge is 0.490 e. The molecular weight excluding hydrogens is 436 g/mol. The van der Waals surface area contributed by atoms with Crippen LogP contribution in [0.3, 0.4) is 0 Å². The van der Waals surface area contributed by atoms with E-state index in [2.05, 4.69) is 20.1 Å². The fourth-order valence-electron chi connectivity index (χ4n) is 6.41. The van der Waals surface area contributed by atoms with Crippen molar-refractivity contribution in [2.75, 3.05) is 12.4 Å². The number of nitrogens with one attached hydrogen (secondary N) is 2. The quantitative estimate of drug-likeness (QED) is 0.495. The molecular formula is C20H24N6O5S. The van der Waals surface area contributed by atoms with Crippen LogP contribution in [-0.2, 0) is 20.4 Å². The average Bonchev–Trinajstić information content (AvgIpc) is 3.25. The van der Waals surface area contributed by atoms with Crippen molar-refractivity contribution in [3.63, 3.8) is 0 Å². The first-order chi connectivity index (χ1) is 15.1. The van der Waals surface area contributed by atoms with E-state index in [-0.39, 0.29) is 10.8 Å². The van der Waals surface area contributed by atoms with Gasteiger partial charge in [-0.3, -0.25) is 4.79 Å². The number of nitro groups is 1. The van der Waals surface area contributed by atoms with E-state index in [1.54, 1.807) is 16.8 Å².